The number of hydrogen-bond acceptors (Lipinski definition) is 4. The first kappa shape index (κ1) is 13.2. The fourth-order valence-electron chi connectivity index (χ4n) is 1.60. The van der Waals surface area contributed by atoms with Gasteiger partial charge >= 0.3 is 6.18 Å². The summed E-state index contributed by atoms with van der Waals surface area (Å²) in [5, 5.41) is 3.35. The lowest BCUT2D eigenvalue weighted by Crippen LogP contribution is -2.10. The van der Waals surface area contributed by atoms with E-state index in [2.05, 4.69) is 10.1 Å². The van der Waals surface area contributed by atoms with Crippen molar-refractivity contribution in [2.24, 2.45) is 0 Å². The zero-order valence-electron chi connectivity index (χ0n) is 10.1. The molecule has 0 saturated carbocycles. The largest absolute Gasteiger partial charge is 0.453 e. The second-order valence-corrected chi connectivity index (χ2v) is 4.14. The summed E-state index contributed by atoms with van der Waals surface area (Å²) in [7, 11) is 0. The standard InChI is InChI=1S/C11H12F3N5/c1-6-4-7(2-3-8(6)15)5-19-10(16)17-9(18-19)11(12,13)14/h2-4H,5,15H2,1H3,(H2,16,17,18). The smallest absolute Gasteiger partial charge is 0.399 e. The van der Waals surface area contributed by atoms with Crippen molar-refractivity contribution < 1.29 is 13.2 Å². The van der Waals surface area contributed by atoms with Gasteiger partial charge in [0.05, 0.1) is 6.54 Å². The van der Waals surface area contributed by atoms with Gasteiger partial charge in [-0.25, -0.2) is 4.68 Å². The first-order chi connectivity index (χ1) is 8.77. The summed E-state index contributed by atoms with van der Waals surface area (Å²) < 4.78 is 38.3. The van der Waals surface area contributed by atoms with E-state index in [0.29, 0.717) is 5.69 Å². The van der Waals surface area contributed by atoms with Crippen molar-refractivity contribution in [3.63, 3.8) is 0 Å². The van der Waals surface area contributed by atoms with Crippen LogP contribution < -0.4 is 11.5 Å². The number of nitrogens with two attached hydrogens (primary N) is 2. The first-order valence-electron chi connectivity index (χ1n) is 5.40. The molecule has 0 bridgehead atoms. The maximum absolute atomic E-state index is 12.4. The highest BCUT2D eigenvalue weighted by Crippen LogP contribution is 2.27. The Morgan fingerprint density at radius 2 is 1.95 bits per heavy atom. The molecule has 1 heterocycles. The number of nitrogen functional groups attached to an aromatic ring is 2. The molecule has 0 saturated heterocycles. The summed E-state index contributed by atoms with van der Waals surface area (Å²) >= 11 is 0. The molecule has 0 aliphatic heterocycles. The Labute approximate surface area is 107 Å². The molecule has 19 heavy (non-hydrogen) atoms. The molecule has 0 unspecified atom stereocenters. The molecule has 2 rings (SSSR count). The number of alkyl halides is 3. The zero-order chi connectivity index (χ0) is 14.2. The predicted octanol–water partition coefficient (Wildman–Crippen LogP) is 1.82. The van der Waals surface area contributed by atoms with Gasteiger partial charge in [0.1, 0.15) is 0 Å². The van der Waals surface area contributed by atoms with E-state index in [-0.39, 0.29) is 12.5 Å². The number of rotatable bonds is 2. The van der Waals surface area contributed by atoms with Gasteiger partial charge in [-0.3, -0.25) is 0 Å². The Hall–Kier alpha value is -2.25. The highest BCUT2D eigenvalue weighted by molar-refractivity contribution is 5.47. The maximum atomic E-state index is 12.4. The molecule has 8 heteroatoms. The fraction of sp³-hybridized carbons (Fsp3) is 0.273. The van der Waals surface area contributed by atoms with E-state index in [1.54, 1.807) is 18.2 Å². The Morgan fingerprint density at radius 1 is 1.26 bits per heavy atom. The maximum Gasteiger partial charge on any atom is 0.453 e. The summed E-state index contributed by atoms with van der Waals surface area (Å²) in [5.41, 5.74) is 13.3. The topological polar surface area (TPSA) is 82.8 Å². The molecule has 0 aliphatic rings. The molecule has 5 nitrogen and oxygen atoms in total. The van der Waals surface area contributed by atoms with Gasteiger partial charge in [0.15, 0.2) is 0 Å². The van der Waals surface area contributed by atoms with Crippen LogP contribution in [0, 0.1) is 6.92 Å². The normalized spacial score (nSPS) is 11.8. The molecule has 4 N–H and O–H groups in total. The van der Waals surface area contributed by atoms with E-state index in [0.717, 1.165) is 15.8 Å². The van der Waals surface area contributed by atoms with Gasteiger partial charge in [-0.05, 0) is 24.1 Å². The van der Waals surface area contributed by atoms with Crippen molar-refractivity contribution in [1.82, 2.24) is 14.8 Å². The molecule has 0 atom stereocenters. The third-order valence-electron chi connectivity index (χ3n) is 2.62. The summed E-state index contributed by atoms with van der Waals surface area (Å²) in [6.45, 7) is 1.92. The molecular weight excluding hydrogens is 259 g/mol. The van der Waals surface area contributed by atoms with E-state index >= 15 is 0 Å². The SMILES string of the molecule is Cc1cc(Cn2nc(C(F)(F)F)nc2N)ccc1N. The fourth-order valence-corrected chi connectivity index (χ4v) is 1.60. The van der Waals surface area contributed by atoms with Crippen LogP contribution >= 0.6 is 0 Å². The molecule has 0 amide bonds. The molecule has 0 fully saturated rings. The van der Waals surface area contributed by atoms with E-state index in [1.165, 1.54) is 0 Å². The van der Waals surface area contributed by atoms with Crippen LogP contribution in [-0.4, -0.2) is 14.8 Å². The summed E-state index contributed by atoms with van der Waals surface area (Å²) in [6.07, 6.45) is -4.60. The number of halogens is 3. The third-order valence-corrected chi connectivity index (χ3v) is 2.62. The van der Waals surface area contributed by atoms with Gasteiger partial charge in [0, 0.05) is 5.69 Å². The van der Waals surface area contributed by atoms with Crippen molar-refractivity contribution in [3.05, 3.63) is 35.2 Å². The average Bonchev–Trinajstić information content (AvgIpc) is 2.65. The minimum Gasteiger partial charge on any atom is -0.399 e. The van der Waals surface area contributed by atoms with Crippen molar-refractivity contribution in [1.29, 1.82) is 0 Å². The second kappa shape index (κ2) is 4.45. The summed E-state index contributed by atoms with van der Waals surface area (Å²) in [5.74, 6) is -1.51. The minimum absolute atomic E-state index is 0.107. The Kier molecular flexibility index (Phi) is 3.09. The number of aromatic nitrogens is 3. The molecule has 0 aliphatic carbocycles. The van der Waals surface area contributed by atoms with Crippen molar-refractivity contribution in [2.45, 2.75) is 19.6 Å². The van der Waals surface area contributed by atoms with Crippen LogP contribution in [0.4, 0.5) is 24.8 Å². The molecule has 0 radical (unpaired) electrons. The van der Waals surface area contributed by atoms with Gasteiger partial charge < -0.3 is 11.5 Å². The van der Waals surface area contributed by atoms with Gasteiger partial charge in [0.2, 0.25) is 5.95 Å². The van der Waals surface area contributed by atoms with Crippen molar-refractivity contribution >= 4 is 11.6 Å². The molecule has 2 aromatic rings. The van der Waals surface area contributed by atoms with Crippen LogP contribution in [0.2, 0.25) is 0 Å². The molecule has 102 valence electrons. The molecule has 1 aromatic heterocycles. The van der Waals surface area contributed by atoms with Crippen LogP contribution in [0.3, 0.4) is 0 Å². The van der Waals surface area contributed by atoms with Crippen LogP contribution in [0.1, 0.15) is 17.0 Å². The Bertz CT molecular complexity index is 603. The minimum atomic E-state index is -4.60. The average molecular weight is 271 g/mol. The number of anilines is 2. The first-order valence-corrected chi connectivity index (χ1v) is 5.40. The number of nitrogens with zero attached hydrogens (tertiary/aromatic N) is 3. The highest BCUT2D eigenvalue weighted by Gasteiger charge is 2.36. The highest BCUT2D eigenvalue weighted by atomic mass is 19.4. The lowest BCUT2D eigenvalue weighted by molar-refractivity contribution is -0.144. The third kappa shape index (κ3) is 2.78. The lowest BCUT2D eigenvalue weighted by atomic mass is 10.1. The van der Waals surface area contributed by atoms with Gasteiger partial charge in [-0.1, -0.05) is 12.1 Å². The Morgan fingerprint density at radius 3 is 2.47 bits per heavy atom. The molecular formula is C11H12F3N5. The van der Waals surface area contributed by atoms with Crippen LogP contribution in [-0.2, 0) is 12.7 Å². The van der Waals surface area contributed by atoms with Crippen molar-refractivity contribution in [3.8, 4) is 0 Å². The quantitative estimate of drug-likeness (QED) is 0.816. The van der Waals surface area contributed by atoms with Crippen LogP contribution in [0.15, 0.2) is 18.2 Å². The molecule has 0 spiro atoms. The number of benzene rings is 1. The molecule has 1 aromatic carbocycles. The number of hydrogen-bond donors (Lipinski definition) is 2. The van der Waals surface area contributed by atoms with Gasteiger partial charge in [0.25, 0.3) is 5.82 Å². The van der Waals surface area contributed by atoms with Crippen LogP contribution in [0.5, 0.6) is 0 Å². The van der Waals surface area contributed by atoms with E-state index in [1.807, 2.05) is 6.92 Å². The monoisotopic (exact) mass is 271 g/mol. The van der Waals surface area contributed by atoms with Crippen LogP contribution in [0.25, 0.3) is 0 Å². The number of aryl methyl sites for hydroxylation is 1. The Balaban J connectivity index is 2.28. The summed E-state index contributed by atoms with van der Waals surface area (Å²) in [4.78, 5) is 3.20. The predicted molar refractivity (Wildman–Crippen MR) is 64.1 cm³/mol. The van der Waals surface area contributed by atoms with Crippen molar-refractivity contribution in [2.75, 3.05) is 11.5 Å². The van der Waals surface area contributed by atoms with E-state index in [9.17, 15) is 13.2 Å². The lowest BCUT2D eigenvalue weighted by Gasteiger charge is -2.06. The van der Waals surface area contributed by atoms with Gasteiger partial charge in [-0.2, -0.15) is 18.2 Å². The van der Waals surface area contributed by atoms with E-state index < -0.39 is 12.0 Å². The summed E-state index contributed by atoms with van der Waals surface area (Å²) in [6, 6.07) is 5.16. The zero-order valence-corrected chi connectivity index (χ0v) is 10.1. The van der Waals surface area contributed by atoms with E-state index in [4.69, 9.17) is 11.5 Å². The van der Waals surface area contributed by atoms with Gasteiger partial charge in [-0.15, -0.1) is 5.10 Å². The second-order valence-electron chi connectivity index (χ2n) is 4.14.